The summed E-state index contributed by atoms with van der Waals surface area (Å²) < 4.78 is 23.8. The van der Waals surface area contributed by atoms with Gasteiger partial charge in [0.1, 0.15) is 0 Å². The highest BCUT2D eigenvalue weighted by Gasteiger charge is 2.35. The van der Waals surface area contributed by atoms with Crippen LogP contribution in [0.25, 0.3) is 0 Å². The lowest BCUT2D eigenvalue weighted by Crippen LogP contribution is -2.44. The molecule has 138 valence electrons. The van der Waals surface area contributed by atoms with E-state index in [9.17, 15) is 13.2 Å². The van der Waals surface area contributed by atoms with Gasteiger partial charge in [-0.3, -0.25) is 4.79 Å². The van der Waals surface area contributed by atoms with Gasteiger partial charge in [0.2, 0.25) is 5.91 Å². The third-order valence-electron chi connectivity index (χ3n) is 4.70. The minimum absolute atomic E-state index is 0.0249. The summed E-state index contributed by atoms with van der Waals surface area (Å²) >= 11 is 0. The Bertz CT molecular complexity index is 895. The first-order valence-corrected chi connectivity index (χ1v) is 10.6. The minimum Gasteiger partial charge on any atom is -0.376 e. The lowest BCUT2D eigenvalue weighted by Gasteiger charge is -2.29. The van der Waals surface area contributed by atoms with Crippen LogP contribution < -0.4 is 10.2 Å². The van der Waals surface area contributed by atoms with Gasteiger partial charge in [0.05, 0.1) is 24.1 Å². The monoisotopic (exact) mass is 372 g/mol. The van der Waals surface area contributed by atoms with Crippen molar-refractivity contribution in [1.82, 2.24) is 0 Å². The van der Waals surface area contributed by atoms with Crippen LogP contribution in [0, 0.1) is 13.8 Å². The minimum atomic E-state index is -3.08. The van der Waals surface area contributed by atoms with E-state index >= 15 is 0 Å². The predicted molar refractivity (Wildman–Crippen MR) is 105 cm³/mol. The van der Waals surface area contributed by atoms with Crippen molar-refractivity contribution in [3.63, 3.8) is 0 Å². The zero-order chi connectivity index (χ0) is 18.7. The normalized spacial score (nSPS) is 18.5. The molecular weight excluding hydrogens is 348 g/mol. The molecule has 0 aromatic heterocycles. The molecule has 3 rings (SSSR count). The Hall–Kier alpha value is -2.34. The summed E-state index contributed by atoms with van der Waals surface area (Å²) in [5.41, 5.74) is 3.85. The van der Waals surface area contributed by atoms with Gasteiger partial charge in [-0.25, -0.2) is 8.42 Å². The Morgan fingerprint density at radius 2 is 1.88 bits per heavy atom. The van der Waals surface area contributed by atoms with Crippen molar-refractivity contribution >= 4 is 27.1 Å². The summed E-state index contributed by atoms with van der Waals surface area (Å²) in [6.45, 7) is 4.12. The van der Waals surface area contributed by atoms with Crippen molar-refractivity contribution in [2.24, 2.45) is 0 Å². The van der Waals surface area contributed by atoms with Crippen molar-refractivity contribution < 1.29 is 13.2 Å². The number of anilines is 2. The number of rotatable bonds is 5. The molecule has 2 aromatic carbocycles. The molecule has 1 amide bonds. The molecule has 0 unspecified atom stereocenters. The third kappa shape index (κ3) is 4.25. The highest BCUT2D eigenvalue weighted by atomic mass is 32.2. The third-order valence-corrected chi connectivity index (χ3v) is 6.45. The number of amides is 1. The van der Waals surface area contributed by atoms with Gasteiger partial charge in [-0.1, -0.05) is 30.3 Å². The second-order valence-electron chi connectivity index (χ2n) is 6.83. The molecule has 6 heteroatoms. The second-order valence-corrected chi connectivity index (χ2v) is 9.06. The molecule has 1 aliphatic rings. The van der Waals surface area contributed by atoms with Gasteiger partial charge in [-0.2, -0.15) is 0 Å². The number of carbonyl (C=O) groups excluding carboxylic acids is 1. The number of nitrogens with zero attached hydrogens (tertiary/aromatic N) is 1. The van der Waals surface area contributed by atoms with Crippen molar-refractivity contribution in [2.75, 3.05) is 28.3 Å². The Morgan fingerprint density at radius 1 is 1.15 bits per heavy atom. The van der Waals surface area contributed by atoms with Gasteiger partial charge in [-0.15, -0.1) is 0 Å². The van der Waals surface area contributed by atoms with Gasteiger partial charge >= 0.3 is 0 Å². The van der Waals surface area contributed by atoms with E-state index in [1.54, 1.807) is 4.90 Å². The van der Waals surface area contributed by atoms with E-state index in [4.69, 9.17) is 0 Å². The molecule has 0 radical (unpaired) electrons. The van der Waals surface area contributed by atoms with Gasteiger partial charge in [0.25, 0.3) is 0 Å². The molecule has 0 bridgehead atoms. The maximum atomic E-state index is 13.0. The summed E-state index contributed by atoms with van der Waals surface area (Å²) in [7, 11) is -3.08. The number of nitrogens with one attached hydrogen (secondary N) is 1. The number of hydrogen-bond acceptors (Lipinski definition) is 4. The number of aryl methyl sites for hydroxylation is 2. The fourth-order valence-electron chi connectivity index (χ4n) is 3.31. The maximum absolute atomic E-state index is 13.0. The van der Waals surface area contributed by atoms with E-state index in [-0.39, 0.29) is 30.0 Å². The summed E-state index contributed by atoms with van der Waals surface area (Å²) in [5, 5.41) is 3.21. The SMILES string of the molecule is Cc1ccc(C)c(NCC(=O)N(c2ccccc2)[C@H]2CCS(=O)(=O)C2)c1. The van der Waals surface area contributed by atoms with Gasteiger partial charge in [0.15, 0.2) is 9.84 Å². The largest absolute Gasteiger partial charge is 0.376 e. The molecular formula is C20H24N2O3S. The molecule has 1 aliphatic heterocycles. The number of hydrogen-bond donors (Lipinski definition) is 1. The average Bonchev–Trinajstić information content (AvgIpc) is 2.96. The smallest absolute Gasteiger partial charge is 0.246 e. The van der Waals surface area contributed by atoms with E-state index in [0.29, 0.717) is 6.42 Å². The van der Waals surface area contributed by atoms with E-state index in [0.717, 1.165) is 22.5 Å². The van der Waals surface area contributed by atoms with Crippen LogP contribution in [0.1, 0.15) is 17.5 Å². The van der Waals surface area contributed by atoms with Crippen molar-refractivity contribution in [1.29, 1.82) is 0 Å². The number of para-hydroxylation sites is 1. The number of benzene rings is 2. The van der Waals surface area contributed by atoms with Crippen LogP contribution in [0.5, 0.6) is 0 Å². The fraction of sp³-hybridized carbons (Fsp3) is 0.350. The highest BCUT2D eigenvalue weighted by molar-refractivity contribution is 7.91. The first kappa shape index (κ1) is 18.5. The zero-order valence-electron chi connectivity index (χ0n) is 15.1. The molecule has 0 spiro atoms. The Morgan fingerprint density at radius 3 is 2.54 bits per heavy atom. The Kier molecular flexibility index (Phi) is 5.32. The molecule has 1 N–H and O–H groups in total. The van der Waals surface area contributed by atoms with E-state index < -0.39 is 9.84 Å². The molecule has 1 heterocycles. The van der Waals surface area contributed by atoms with Crippen LogP contribution in [0.3, 0.4) is 0 Å². The number of carbonyl (C=O) groups is 1. The first-order valence-electron chi connectivity index (χ1n) is 8.74. The van der Waals surface area contributed by atoms with Crippen LogP contribution >= 0.6 is 0 Å². The summed E-state index contributed by atoms with van der Waals surface area (Å²) in [6.07, 6.45) is 0.479. The topological polar surface area (TPSA) is 66.5 Å². The van der Waals surface area contributed by atoms with Crippen molar-refractivity contribution in [2.45, 2.75) is 26.3 Å². The van der Waals surface area contributed by atoms with Crippen LogP contribution in [-0.4, -0.2) is 38.4 Å². The molecule has 0 aliphatic carbocycles. The Balaban J connectivity index is 1.80. The molecule has 1 atom stereocenters. The van der Waals surface area contributed by atoms with Gasteiger partial charge in [0, 0.05) is 11.4 Å². The summed E-state index contributed by atoms with van der Waals surface area (Å²) in [6, 6.07) is 15.0. The first-order chi connectivity index (χ1) is 12.4. The predicted octanol–water partition coefficient (Wildman–Crippen LogP) is 2.94. The molecule has 5 nitrogen and oxygen atoms in total. The lowest BCUT2D eigenvalue weighted by molar-refractivity contribution is -0.117. The standard InChI is InChI=1S/C20H24N2O3S/c1-15-8-9-16(2)19(12-15)21-13-20(23)22(17-6-4-3-5-7-17)18-10-11-26(24,25)14-18/h3-9,12,18,21H,10-11,13-14H2,1-2H3/t18-/m0/s1. The average molecular weight is 372 g/mol. The summed E-state index contributed by atoms with van der Waals surface area (Å²) in [4.78, 5) is 14.6. The highest BCUT2D eigenvalue weighted by Crippen LogP contribution is 2.25. The van der Waals surface area contributed by atoms with Gasteiger partial charge in [-0.05, 0) is 49.6 Å². The van der Waals surface area contributed by atoms with Gasteiger partial charge < -0.3 is 10.2 Å². The van der Waals surface area contributed by atoms with Crippen LogP contribution in [0.15, 0.2) is 48.5 Å². The lowest BCUT2D eigenvalue weighted by atomic mass is 10.1. The fourth-order valence-corrected chi connectivity index (χ4v) is 5.01. The van der Waals surface area contributed by atoms with E-state index in [2.05, 4.69) is 5.32 Å². The summed E-state index contributed by atoms with van der Waals surface area (Å²) in [5.74, 6) is 0.0368. The van der Waals surface area contributed by atoms with Crippen LogP contribution in [0.4, 0.5) is 11.4 Å². The van der Waals surface area contributed by atoms with Crippen molar-refractivity contribution in [3.05, 3.63) is 59.7 Å². The molecule has 2 aromatic rings. The Labute approximate surface area is 154 Å². The molecule has 0 saturated carbocycles. The number of sulfone groups is 1. The quantitative estimate of drug-likeness (QED) is 0.876. The van der Waals surface area contributed by atoms with Crippen molar-refractivity contribution in [3.8, 4) is 0 Å². The van der Waals surface area contributed by atoms with Crippen LogP contribution in [0.2, 0.25) is 0 Å². The maximum Gasteiger partial charge on any atom is 0.246 e. The zero-order valence-corrected chi connectivity index (χ0v) is 15.9. The molecule has 1 fully saturated rings. The molecule has 1 saturated heterocycles. The van der Waals surface area contributed by atoms with E-state index in [1.165, 1.54) is 0 Å². The van der Waals surface area contributed by atoms with E-state index in [1.807, 2.05) is 62.4 Å². The molecule has 26 heavy (non-hydrogen) atoms. The second kappa shape index (κ2) is 7.50. The van der Waals surface area contributed by atoms with Crippen LogP contribution in [-0.2, 0) is 14.6 Å².